The summed E-state index contributed by atoms with van der Waals surface area (Å²) in [4.78, 5) is 13.7. The maximum absolute atomic E-state index is 13.1. The Bertz CT molecular complexity index is 795. The van der Waals surface area contributed by atoms with E-state index in [1.807, 2.05) is 0 Å². The van der Waals surface area contributed by atoms with Crippen LogP contribution >= 0.6 is 11.6 Å². The molecule has 0 spiro atoms. The molecule has 1 aliphatic heterocycles. The first-order chi connectivity index (χ1) is 12.3. The maximum Gasteiger partial charge on any atom is 0.416 e. The Balaban J connectivity index is 2.06. The second-order valence-electron chi connectivity index (χ2n) is 5.79. The van der Waals surface area contributed by atoms with Crippen LogP contribution in [0.15, 0.2) is 48.5 Å². The van der Waals surface area contributed by atoms with Gasteiger partial charge >= 0.3 is 12.3 Å². The van der Waals surface area contributed by atoms with Gasteiger partial charge in [0.05, 0.1) is 12.2 Å². The molecule has 0 aromatic heterocycles. The van der Waals surface area contributed by atoms with E-state index >= 15 is 0 Å². The fraction of sp³-hybridized carbons (Fsp3) is 0.278. The topological polar surface area (TPSA) is 38.8 Å². The van der Waals surface area contributed by atoms with E-state index in [1.165, 1.54) is 24.1 Å². The monoisotopic (exact) mass is 385 g/mol. The Kier molecular flexibility index (Phi) is 5.11. The standard InChI is InChI=1S/C18H15ClF3NO3/c1-25-10-15-16(11-3-2-4-12(9-11)18(20,21)22)23(17(24)26-15)14-7-5-13(19)6-8-14/h2-9,15-16H,10H2,1H3/t15-,16-/m0/s1. The van der Waals surface area contributed by atoms with Gasteiger partial charge in [-0.3, -0.25) is 4.90 Å². The lowest BCUT2D eigenvalue weighted by Crippen LogP contribution is -2.31. The number of cyclic esters (lactones) is 1. The molecule has 1 heterocycles. The van der Waals surface area contributed by atoms with Crippen LogP contribution in [0, 0.1) is 0 Å². The molecule has 1 fully saturated rings. The SMILES string of the molecule is COC[C@@H]1OC(=O)N(c2ccc(Cl)cc2)[C@H]1c1cccc(C(F)(F)F)c1. The van der Waals surface area contributed by atoms with Crippen LogP contribution in [-0.2, 0) is 15.7 Å². The Labute approximate surface area is 153 Å². The van der Waals surface area contributed by atoms with E-state index in [2.05, 4.69) is 0 Å². The highest BCUT2D eigenvalue weighted by molar-refractivity contribution is 6.30. The fourth-order valence-corrected chi connectivity index (χ4v) is 3.08. The van der Waals surface area contributed by atoms with Gasteiger partial charge in [0.2, 0.25) is 0 Å². The summed E-state index contributed by atoms with van der Waals surface area (Å²) in [6.45, 7) is 0.0523. The van der Waals surface area contributed by atoms with Gasteiger partial charge < -0.3 is 9.47 Å². The summed E-state index contributed by atoms with van der Waals surface area (Å²) < 4.78 is 49.7. The first-order valence-corrected chi connectivity index (χ1v) is 8.10. The number of hydrogen-bond acceptors (Lipinski definition) is 3. The van der Waals surface area contributed by atoms with Crippen LogP contribution in [0.3, 0.4) is 0 Å². The van der Waals surface area contributed by atoms with E-state index in [4.69, 9.17) is 21.1 Å². The average molecular weight is 386 g/mol. The van der Waals surface area contributed by atoms with Gasteiger partial charge in [-0.05, 0) is 42.0 Å². The third kappa shape index (κ3) is 3.64. The van der Waals surface area contributed by atoms with Gasteiger partial charge in [-0.25, -0.2) is 4.79 Å². The predicted octanol–water partition coefficient (Wildman–Crippen LogP) is 5.07. The van der Waals surface area contributed by atoms with Crippen molar-refractivity contribution in [2.75, 3.05) is 18.6 Å². The number of alkyl halides is 3. The zero-order valence-corrected chi connectivity index (χ0v) is 14.4. The third-order valence-electron chi connectivity index (χ3n) is 4.07. The Hall–Kier alpha value is -2.25. The molecule has 3 rings (SSSR count). The highest BCUT2D eigenvalue weighted by Gasteiger charge is 2.44. The van der Waals surface area contributed by atoms with E-state index < -0.39 is 30.0 Å². The molecule has 4 nitrogen and oxygen atoms in total. The van der Waals surface area contributed by atoms with Gasteiger partial charge in [0.1, 0.15) is 6.04 Å². The summed E-state index contributed by atoms with van der Waals surface area (Å²) in [6, 6.07) is 10.5. The molecule has 1 saturated heterocycles. The van der Waals surface area contributed by atoms with Crippen molar-refractivity contribution < 1.29 is 27.4 Å². The molecule has 8 heteroatoms. The second-order valence-corrected chi connectivity index (χ2v) is 6.23. The van der Waals surface area contributed by atoms with Gasteiger partial charge in [0, 0.05) is 17.8 Å². The first kappa shape index (κ1) is 18.5. The average Bonchev–Trinajstić information content (AvgIpc) is 2.91. The first-order valence-electron chi connectivity index (χ1n) is 7.73. The van der Waals surface area contributed by atoms with Crippen molar-refractivity contribution in [2.24, 2.45) is 0 Å². The number of carbonyl (C=O) groups excluding carboxylic acids is 1. The number of halogens is 4. The summed E-state index contributed by atoms with van der Waals surface area (Å²) >= 11 is 5.88. The van der Waals surface area contributed by atoms with Crippen molar-refractivity contribution in [1.29, 1.82) is 0 Å². The lowest BCUT2D eigenvalue weighted by atomic mass is 9.98. The van der Waals surface area contributed by atoms with E-state index in [0.717, 1.165) is 12.1 Å². The molecule has 0 radical (unpaired) electrons. The number of carbonyl (C=O) groups is 1. The van der Waals surface area contributed by atoms with Gasteiger partial charge in [-0.2, -0.15) is 13.2 Å². The molecule has 138 valence electrons. The molecule has 1 aliphatic rings. The Morgan fingerprint density at radius 1 is 1.19 bits per heavy atom. The fourth-order valence-electron chi connectivity index (χ4n) is 2.95. The van der Waals surface area contributed by atoms with Crippen molar-refractivity contribution >= 4 is 23.4 Å². The summed E-state index contributed by atoms with van der Waals surface area (Å²) in [5.41, 5.74) is -0.00957. The van der Waals surface area contributed by atoms with E-state index in [-0.39, 0.29) is 6.61 Å². The van der Waals surface area contributed by atoms with E-state index in [0.29, 0.717) is 16.3 Å². The molecule has 0 saturated carbocycles. The zero-order chi connectivity index (χ0) is 18.9. The molecular formula is C18H15ClF3NO3. The lowest BCUT2D eigenvalue weighted by Gasteiger charge is -2.25. The predicted molar refractivity (Wildman–Crippen MR) is 90.3 cm³/mol. The number of hydrogen-bond donors (Lipinski definition) is 0. The van der Waals surface area contributed by atoms with Crippen molar-refractivity contribution in [3.63, 3.8) is 0 Å². The van der Waals surface area contributed by atoms with Crippen molar-refractivity contribution in [3.8, 4) is 0 Å². The van der Waals surface area contributed by atoms with E-state index in [1.54, 1.807) is 24.3 Å². The number of amides is 1. The molecular weight excluding hydrogens is 371 g/mol. The molecule has 2 aromatic carbocycles. The summed E-state index contributed by atoms with van der Waals surface area (Å²) in [5.74, 6) is 0. The molecule has 0 N–H and O–H groups in total. The van der Waals surface area contributed by atoms with Gasteiger partial charge in [-0.15, -0.1) is 0 Å². The smallest absolute Gasteiger partial charge is 0.416 e. The molecule has 0 unspecified atom stereocenters. The van der Waals surface area contributed by atoms with Crippen LogP contribution in [0.1, 0.15) is 17.2 Å². The zero-order valence-electron chi connectivity index (χ0n) is 13.7. The largest absolute Gasteiger partial charge is 0.441 e. The second kappa shape index (κ2) is 7.17. The molecule has 0 aliphatic carbocycles. The third-order valence-corrected chi connectivity index (χ3v) is 4.32. The Morgan fingerprint density at radius 3 is 2.50 bits per heavy atom. The van der Waals surface area contributed by atoms with E-state index in [9.17, 15) is 18.0 Å². The molecule has 1 amide bonds. The van der Waals surface area contributed by atoms with Crippen LogP contribution in [0.4, 0.5) is 23.7 Å². The number of ether oxygens (including phenoxy) is 2. The quantitative estimate of drug-likeness (QED) is 0.737. The lowest BCUT2D eigenvalue weighted by molar-refractivity contribution is -0.137. The minimum atomic E-state index is -4.48. The number of rotatable bonds is 4. The summed E-state index contributed by atoms with van der Waals surface area (Å²) in [7, 11) is 1.43. The van der Waals surface area contributed by atoms with Crippen LogP contribution in [-0.4, -0.2) is 25.9 Å². The minimum absolute atomic E-state index is 0.0523. The van der Waals surface area contributed by atoms with Crippen LogP contribution < -0.4 is 4.90 Å². The number of anilines is 1. The number of methoxy groups -OCH3 is 1. The van der Waals surface area contributed by atoms with Crippen molar-refractivity contribution in [3.05, 3.63) is 64.7 Å². The normalized spacial score (nSPS) is 20.3. The van der Waals surface area contributed by atoms with Crippen molar-refractivity contribution in [2.45, 2.75) is 18.3 Å². The van der Waals surface area contributed by atoms with Crippen LogP contribution in [0.5, 0.6) is 0 Å². The van der Waals surface area contributed by atoms with Crippen molar-refractivity contribution in [1.82, 2.24) is 0 Å². The highest BCUT2D eigenvalue weighted by Crippen LogP contribution is 2.39. The molecule has 2 aromatic rings. The molecule has 0 bridgehead atoms. The summed E-state index contributed by atoms with van der Waals surface area (Å²) in [6.07, 6.45) is -5.88. The van der Waals surface area contributed by atoms with Gasteiger partial charge in [0.15, 0.2) is 6.10 Å². The summed E-state index contributed by atoms with van der Waals surface area (Å²) in [5, 5.41) is 0.477. The van der Waals surface area contributed by atoms with Crippen LogP contribution in [0.2, 0.25) is 5.02 Å². The Morgan fingerprint density at radius 2 is 1.88 bits per heavy atom. The van der Waals surface area contributed by atoms with Gasteiger partial charge in [0.25, 0.3) is 0 Å². The maximum atomic E-state index is 13.1. The van der Waals surface area contributed by atoms with Crippen LogP contribution in [0.25, 0.3) is 0 Å². The number of nitrogens with zero attached hydrogens (tertiary/aromatic N) is 1. The highest BCUT2D eigenvalue weighted by atomic mass is 35.5. The molecule has 2 atom stereocenters. The minimum Gasteiger partial charge on any atom is -0.441 e. The molecule has 26 heavy (non-hydrogen) atoms. The van der Waals surface area contributed by atoms with Gasteiger partial charge in [-0.1, -0.05) is 23.7 Å². The number of benzene rings is 2.